The molecule has 1 aromatic heterocycles. The number of hydrogen-bond acceptors (Lipinski definition) is 6. The molecule has 0 radical (unpaired) electrons. The lowest BCUT2D eigenvalue weighted by Crippen LogP contribution is -2.12. The molecule has 3 aromatic rings. The average Bonchev–Trinajstić information content (AvgIpc) is 3.11. The lowest BCUT2D eigenvalue weighted by atomic mass is 10.2. The molecule has 1 amide bonds. The van der Waals surface area contributed by atoms with E-state index in [4.69, 9.17) is 4.74 Å². The molecule has 0 spiro atoms. The predicted octanol–water partition coefficient (Wildman–Crippen LogP) is 4.19. The number of aryl methyl sites for hydroxylation is 1. The summed E-state index contributed by atoms with van der Waals surface area (Å²) in [5.74, 6) is 0.303. The first-order chi connectivity index (χ1) is 12.5. The van der Waals surface area contributed by atoms with E-state index in [1.165, 1.54) is 29.5 Å². The highest BCUT2D eigenvalue weighted by Crippen LogP contribution is 2.19. The molecule has 1 N–H and O–H groups in total. The molecule has 0 fully saturated rings. The zero-order valence-electron chi connectivity index (χ0n) is 13.8. The Balaban J connectivity index is 1.61. The SMILES string of the molecule is Cc1ccc(OCc2nc(C(=O)Nc3cccc([N+](=O)[O-])c3)cs2)cc1. The summed E-state index contributed by atoms with van der Waals surface area (Å²) in [4.78, 5) is 26.8. The minimum atomic E-state index is -0.515. The summed E-state index contributed by atoms with van der Waals surface area (Å²) in [5.41, 5.74) is 1.64. The van der Waals surface area contributed by atoms with Crippen molar-refractivity contribution in [1.82, 2.24) is 4.98 Å². The van der Waals surface area contributed by atoms with Gasteiger partial charge in [-0.15, -0.1) is 11.3 Å². The number of rotatable bonds is 6. The molecular formula is C18H15N3O4S. The first kappa shape index (κ1) is 17.6. The Kier molecular flexibility index (Phi) is 5.23. The van der Waals surface area contributed by atoms with Gasteiger partial charge in [-0.25, -0.2) is 4.98 Å². The van der Waals surface area contributed by atoms with E-state index in [1.54, 1.807) is 11.4 Å². The molecule has 132 valence electrons. The van der Waals surface area contributed by atoms with Crippen LogP contribution in [0.25, 0.3) is 0 Å². The van der Waals surface area contributed by atoms with Gasteiger partial charge in [0.15, 0.2) is 0 Å². The number of nitrogens with one attached hydrogen (secondary N) is 1. The molecule has 0 aliphatic heterocycles. The van der Waals surface area contributed by atoms with Gasteiger partial charge in [0.05, 0.1) is 4.92 Å². The number of carbonyl (C=O) groups is 1. The molecule has 0 bridgehead atoms. The zero-order chi connectivity index (χ0) is 18.5. The minimum Gasteiger partial charge on any atom is -0.486 e. The molecule has 0 saturated heterocycles. The summed E-state index contributed by atoms with van der Waals surface area (Å²) in [7, 11) is 0. The first-order valence-electron chi connectivity index (χ1n) is 7.71. The minimum absolute atomic E-state index is 0.0896. The molecule has 8 heteroatoms. The van der Waals surface area contributed by atoms with Crippen molar-refractivity contribution in [2.45, 2.75) is 13.5 Å². The van der Waals surface area contributed by atoms with E-state index >= 15 is 0 Å². The number of ether oxygens (including phenoxy) is 1. The second kappa shape index (κ2) is 7.75. The molecule has 1 heterocycles. The Hall–Kier alpha value is -3.26. The maximum absolute atomic E-state index is 12.2. The van der Waals surface area contributed by atoms with Gasteiger partial charge < -0.3 is 10.1 Å². The van der Waals surface area contributed by atoms with E-state index in [-0.39, 0.29) is 18.0 Å². The van der Waals surface area contributed by atoms with Crippen molar-refractivity contribution in [3.63, 3.8) is 0 Å². The molecule has 0 atom stereocenters. The van der Waals surface area contributed by atoms with Crippen molar-refractivity contribution in [2.24, 2.45) is 0 Å². The van der Waals surface area contributed by atoms with E-state index in [0.717, 1.165) is 11.3 Å². The molecule has 3 rings (SSSR count). The fraction of sp³-hybridized carbons (Fsp3) is 0.111. The Morgan fingerprint density at radius 3 is 2.77 bits per heavy atom. The van der Waals surface area contributed by atoms with Gasteiger partial charge in [-0.05, 0) is 25.1 Å². The van der Waals surface area contributed by atoms with Crippen LogP contribution < -0.4 is 10.1 Å². The zero-order valence-corrected chi connectivity index (χ0v) is 14.7. The lowest BCUT2D eigenvalue weighted by molar-refractivity contribution is -0.384. The van der Waals surface area contributed by atoms with Gasteiger partial charge in [-0.3, -0.25) is 14.9 Å². The lowest BCUT2D eigenvalue weighted by Gasteiger charge is -2.04. The largest absolute Gasteiger partial charge is 0.486 e. The number of nitro benzene ring substituents is 1. The van der Waals surface area contributed by atoms with E-state index in [9.17, 15) is 14.9 Å². The van der Waals surface area contributed by atoms with Gasteiger partial charge in [0.2, 0.25) is 0 Å². The fourth-order valence-corrected chi connectivity index (χ4v) is 2.84. The molecule has 0 unspecified atom stereocenters. The molecule has 0 saturated carbocycles. The molecule has 26 heavy (non-hydrogen) atoms. The fourth-order valence-electron chi connectivity index (χ4n) is 2.15. The van der Waals surface area contributed by atoms with Crippen LogP contribution in [0.4, 0.5) is 11.4 Å². The van der Waals surface area contributed by atoms with Crippen LogP contribution in [0.5, 0.6) is 5.75 Å². The number of hydrogen-bond donors (Lipinski definition) is 1. The van der Waals surface area contributed by atoms with Crippen molar-refractivity contribution >= 4 is 28.6 Å². The Bertz CT molecular complexity index is 938. The van der Waals surface area contributed by atoms with E-state index in [1.807, 2.05) is 31.2 Å². The maximum atomic E-state index is 12.2. The van der Waals surface area contributed by atoms with Crippen LogP contribution in [0.1, 0.15) is 21.1 Å². The van der Waals surface area contributed by atoms with Crippen molar-refractivity contribution in [3.05, 3.63) is 80.3 Å². The van der Waals surface area contributed by atoms with Crippen LogP contribution in [0.15, 0.2) is 53.9 Å². The summed E-state index contributed by atoms with van der Waals surface area (Å²) in [6.45, 7) is 2.26. The Morgan fingerprint density at radius 2 is 2.04 bits per heavy atom. The van der Waals surface area contributed by atoms with Gasteiger partial charge in [-0.2, -0.15) is 0 Å². The van der Waals surface area contributed by atoms with E-state index < -0.39 is 10.8 Å². The number of anilines is 1. The summed E-state index contributed by atoms with van der Waals surface area (Å²) >= 11 is 1.31. The standard InChI is InChI=1S/C18H15N3O4S/c1-12-5-7-15(8-6-12)25-10-17-20-16(11-26-17)18(22)19-13-3-2-4-14(9-13)21(23)24/h2-9,11H,10H2,1H3,(H,19,22). The number of aromatic nitrogens is 1. The molecule has 0 aliphatic carbocycles. The van der Waals surface area contributed by atoms with Crippen molar-refractivity contribution in [3.8, 4) is 5.75 Å². The summed E-state index contributed by atoms with van der Waals surface area (Å²) in [6.07, 6.45) is 0. The van der Waals surface area contributed by atoms with E-state index in [0.29, 0.717) is 10.7 Å². The number of nitro groups is 1. The van der Waals surface area contributed by atoms with Gasteiger partial charge in [0.25, 0.3) is 11.6 Å². The number of amides is 1. The number of thiazole rings is 1. The third-order valence-corrected chi connectivity index (χ3v) is 4.30. The third-order valence-electron chi connectivity index (χ3n) is 3.48. The second-order valence-corrected chi connectivity index (χ2v) is 6.43. The summed E-state index contributed by atoms with van der Waals surface area (Å²) in [6, 6.07) is 13.4. The molecular weight excluding hydrogens is 354 g/mol. The van der Waals surface area contributed by atoms with Crippen LogP contribution in [0.2, 0.25) is 0 Å². The summed E-state index contributed by atoms with van der Waals surface area (Å²) in [5, 5.41) is 15.7. The molecule has 7 nitrogen and oxygen atoms in total. The highest BCUT2D eigenvalue weighted by atomic mass is 32.1. The predicted molar refractivity (Wildman–Crippen MR) is 98.7 cm³/mol. The Morgan fingerprint density at radius 1 is 1.27 bits per heavy atom. The normalized spacial score (nSPS) is 10.3. The van der Waals surface area contributed by atoms with E-state index in [2.05, 4.69) is 10.3 Å². The number of carbonyl (C=O) groups excluding carboxylic acids is 1. The number of benzene rings is 2. The van der Waals surface area contributed by atoms with Crippen LogP contribution >= 0.6 is 11.3 Å². The van der Waals surface area contributed by atoms with Gasteiger partial charge in [0, 0.05) is 23.2 Å². The number of non-ortho nitro benzene ring substituents is 1. The number of nitrogens with zero attached hydrogens (tertiary/aromatic N) is 2. The van der Waals surface area contributed by atoms with Gasteiger partial charge in [-0.1, -0.05) is 23.8 Å². The second-order valence-electron chi connectivity index (χ2n) is 5.49. The van der Waals surface area contributed by atoms with Gasteiger partial charge >= 0.3 is 0 Å². The van der Waals surface area contributed by atoms with Crippen molar-refractivity contribution < 1.29 is 14.5 Å². The highest BCUT2D eigenvalue weighted by molar-refractivity contribution is 7.09. The Labute approximate surface area is 153 Å². The molecule has 0 aliphatic rings. The average molecular weight is 369 g/mol. The van der Waals surface area contributed by atoms with Crippen LogP contribution in [-0.4, -0.2) is 15.8 Å². The highest BCUT2D eigenvalue weighted by Gasteiger charge is 2.13. The topological polar surface area (TPSA) is 94.4 Å². The first-order valence-corrected chi connectivity index (χ1v) is 8.59. The van der Waals surface area contributed by atoms with Crippen molar-refractivity contribution in [2.75, 3.05) is 5.32 Å². The van der Waals surface area contributed by atoms with Gasteiger partial charge in [0.1, 0.15) is 23.1 Å². The smallest absolute Gasteiger partial charge is 0.275 e. The monoisotopic (exact) mass is 369 g/mol. The van der Waals surface area contributed by atoms with Crippen molar-refractivity contribution in [1.29, 1.82) is 0 Å². The van der Waals surface area contributed by atoms with Crippen LogP contribution in [-0.2, 0) is 6.61 Å². The molecule has 2 aromatic carbocycles. The quantitative estimate of drug-likeness (QED) is 0.519. The van der Waals surface area contributed by atoms with Crippen LogP contribution in [0.3, 0.4) is 0 Å². The third kappa shape index (κ3) is 4.42. The maximum Gasteiger partial charge on any atom is 0.275 e. The van der Waals surface area contributed by atoms with Crippen LogP contribution in [0, 0.1) is 17.0 Å². The summed E-state index contributed by atoms with van der Waals surface area (Å²) < 4.78 is 5.64.